The average molecular weight is 394 g/mol. The summed E-state index contributed by atoms with van der Waals surface area (Å²) in [5, 5.41) is 15.5. The number of aliphatic imine (C=N–C) groups is 1. The molecule has 2 aromatic heterocycles. The topological polar surface area (TPSA) is 81.7 Å². The van der Waals surface area contributed by atoms with E-state index < -0.39 is 0 Å². The third kappa shape index (κ3) is 5.31. The number of rotatable bonds is 10. The largest absolute Gasteiger partial charge is 0.357 e. The van der Waals surface area contributed by atoms with Crippen molar-refractivity contribution in [1.29, 1.82) is 5.41 Å². The molecule has 0 saturated carbocycles. The van der Waals surface area contributed by atoms with Gasteiger partial charge in [0.1, 0.15) is 11.5 Å². The quantitative estimate of drug-likeness (QED) is 0.354. The van der Waals surface area contributed by atoms with Crippen LogP contribution in [0, 0.1) is 5.41 Å². The van der Waals surface area contributed by atoms with E-state index in [4.69, 9.17) is 10.4 Å². The van der Waals surface area contributed by atoms with Crippen LogP contribution in [-0.2, 0) is 0 Å². The summed E-state index contributed by atoms with van der Waals surface area (Å²) in [5.41, 5.74) is 3.29. The Kier molecular flexibility index (Phi) is 7.55. The van der Waals surface area contributed by atoms with Crippen LogP contribution in [0.5, 0.6) is 0 Å². The van der Waals surface area contributed by atoms with E-state index in [9.17, 15) is 0 Å². The van der Waals surface area contributed by atoms with Gasteiger partial charge in [0.05, 0.1) is 6.20 Å². The Balaban J connectivity index is 1.74. The first-order valence-corrected chi connectivity index (χ1v) is 10.5. The maximum Gasteiger partial charge on any atom is 0.180 e. The number of nitrogens with zero attached hydrogens (tertiary/aromatic N) is 5. The highest BCUT2D eigenvalue weighted by Crippen LogP contribution is 2.22. The molecule has 0 aromatic carbocycles. The summed E-state index contributed by atoms with van der Waals surface area (Å²) in [6.07, 6.45) is 16.6. The molecule has 3 rings (SSSR count). The molecule has 1 aliphatic heterocycles. The Bertz CT molecular complexity index is 901. The van der Waals surface area contributed by atoms with E-state index in [1.807, 2.05) is 37.7 Å². The van der Waals surface area contributed by atoms with Crippen LogP contribution < -0.4 is 10.2 Å². The third-order valence-corrected chi connectivity index (χ3v) is 5.09. The van der Waals surface area contributed by atoms with Crippen LogP contribution in [0.25, 0.3) is 5.65 Å². The lowest BCUT2D eigenvalue weighted by atomic mass is 10.1. The van der Waals surface area contributed by atoms with Gasteiger partial charge in [-0.3, -0.25) is 4.99 Å². The summed E-state index contributed by atoms with van der Waals surface area (Å²) >= 11 is 0. The van der Waals surface area contributed by atoms with Crippen molar-refractivity contribution in [3.8, 4) is 0 Å². The number of unbranched alkanes of at least 4 members (excludes halogenated alkanes) is 2. The highest BCUT2D eigenvalue weighted by atomic mass is 15.3. The van der Waals surface area contributed by atoms with Crippen LogP contribution in [0.1, 0.15) is 46.0 Å². The molecule has 0 atom stereocenters. The molecule has 3 heterocycles. The molecule has 7 nitrogen and oxygen atoms in total. The van der Waals surface area contributed by atoms with E-state index >= 15 is 0 Å². The average Bonchev–Trinajstić information content (AvgIpc) is 3.42. The third-order valence-electron chi connectivity index (χ3n) is 5.09. The zero-order valence-corrected chi connectivity index (χ0v) is 17.4. The first kappa shape index (κ1) is 20.8. The Morgan fingerprint density at radius 2 is 2.10 bits per heavy atom. The van der Waals surface area contributed by atoms with Gasteiger partial charge in [-0.2, -0.15) is 5.10 Å². The van der Waals surface area contributed by atoms with E-state index in [-0.39, 0.29) is 0 Å². The maximum atomic E-state index is 7.80. The predicted octanol–water partition coefficient (Wildman–Crippen LogP) is 4.48. The van der Waals surface area contributed by atoms with E-state index in [1.54, 1.807) is 10.7 Å². The molecule has 154 valence electrons. The van der Waals surface area contributed by atoms with Gasteiger partial charge in [0.15, 0.2) is 5.65 Å². The molecule has 1 fully saturated rings. The van der Waals surface area contributed by atoms with E-state index in [2.05, 4.69) is 27.2 Å². The number of allylic oxidation sites excluding steroid dienone is 3. The normalized spacial score (nSPS) is 15.6. The van der Waals surface area contributed by atoms with E-state index in [1.165, 1.54) is 31.9 Å². The van der Waals surface area contributed by atoms with Crippen molar-refractivity contribution in [2.75, 3.05) is 29.9 Å². The minimum absolute atomic E-state index is 0.766. The van der Waals surface area contributed by atoms with Gasteiger partial charge in [-0.1, -0.05) is 25.8 Å². The SMILES string of the molecule is C/C=C(\C=N/CCCCC)C(/C=N)=C/Nc1cnn2ccc(N3CCCC3)nc12. The fraction of sp³-hybridized carbons (Fsp3) is 0.455. The summed E-state index contributed by atoms with van der Waals surface area (Å²) in [7, 11) is 0. The van der Waals surface area contributed by atoms with Crippen LogP contribution >= 0.6 is 0 Å². The number of hydrogen-bond acceptors (Lipinski definition) is 6. The van der Waals surface area contributed by atoms with Crippen LogP contribution in [0.4, 0.5) is 11.5 Å². The molecule has 0 amide bonds. The van der Waals surface area contributed by atoms with E-state index in [0.29, 0.717) is 0 Å². The number of nitrogens with one attached hydrogen (secondary N) is 2. The van der Waals surface area contributed by atoms with Gasteiger partial charge < -0.3 is 15.6 Å². The second kappa shape index (κ2) is 10.5. The van der Waals surface area contributed by atoms with Gasteiger partial charge in [0.2, 0.25) is 0 Å². The van der Waals surface area contributed by atoms with Crippen molar-refractivity contribution in [3.05, 3.63) is 41.9 Å². The van der Waals surface area contributed by atoms with Gasteiger partial charge in [-0.15, -0.1) is 0 Å². The molecule has 29 heavy (non-hydrogen) atoms. The van der Waals surface area contributed by atoms with Crippen LogP contribution in [0.3, 0.4) is 0 Å². The second-order valence-electron chi connectivity index (χ2n) is 7.18. The molecule has 0 spiro atoms. The number of hydrogen-bond donors (Lipinski definition) is 2. The maximum absolute atomic E-state index is 7.80. The smallest absolute Gasteiger partial charge is 0.180 e. The molecular formula is C22H31N7. The molecule has 0 unspecified atom stereocenters. The highest BCUT2D eigenvalue weighted by molar-refractivity contribution is 5.97. The summed E-state index contributed by atoms with van der Waals surface area (Å²) in [6, 6.07) is 2.01. The van der Waals surface area contributed by atoms with Gasteiger partial charge >= 0.3 is 0 Å². The first-order chi connectivity index (χ1) is 14.3. The number of anilines is 2. The fourth-order valence-corrected chi connectivity index (χ4v) is 3.38. The van der Waals surface area contributed by atoms with Crippen molar-refractivity contribution >= 4 is 29.6 Å². The van der Waals surface area contributed by atoms with Crippen molar-refractivity contribution in [3.63, 3.8) is 0 Å². The summed E-state index contributed by atoms with van der Waals surface area (Å²) < 4.78 is 1.77. The van der Waals surface area contributed by atoms with Gasteiger partial charge in [0, 0.05) is 50.0 Å². The Morgan fingerprint density at radius 3 is 2.83 bits per heavy atom. The zero-order chi connectivity index (χ0) is 20.5. The van der Waals surface area contributed by atoms with Crippen LogP contribution in [0.2, 0.25) is 0 Å². The molecule has 0 aliphatic carbocycles. The molecule has 2 aromatic rings. The Morgan fingerprint density at radius 1 is 1.28 bits per heavy atom. The molecular weight excluding hydrogens is 362 g/mol. The van der Waals surface area contributed by atoms with Crippen LogP contribution in [0.15, 0.2) is 46.9 Å². The molecule has 2 N–H and O–H groups in total. The van der Waals surface area contributed by atoms with Gasteiger partial charge in [-0.05, 0) is 37.8 Å². The highest BCUT2D eigenvalue weighted by Gasteiger charge is 2.15. The number of aromatic nitrogens is 3. The van der Waals surface area contributed by atoms with Crippen molar-refractivity contribution in [2.24, 2.45) is 4.99 Å². The van der Waals surface area contributed by atoms with Gasteiger partial charge in [-0.25, -0.2) is 9.50 Å². The molecule has 0 radical (unpaired) electrons. The molecule has 1 aliphatic rings. The number of fused-ring (bicyclic) bond motifs is 1. The van der Waals surface area contributed by atoms with Gasteiger partial charge in [0.25, 0.3) is 0 Å². The minimum atomic E-state index is 0.766. The Hall–Kier alpha value is -2.96. The van der Waals surface area contributed by atoms with Crippen molar-refractivity contribution in [2.45, 2.75) is 46.0 Å². The van der Waals surface area contributed by atoms with E-state index in [0.717, 1.165) is 54.4 Å². The molecule has 7 heteroatoms. The fourth-order valence-electron chi connectivity index (χ4n) is 3.38. The first-order valence-electron chi connectivity index (χ1n) is 10.5. The molecule has 0 bridgehead atoms. The lowest BCUT2D eigenvalue weighted by Crippen LogP contribution is -2.19. The van der Waals surface area contributed by atoms with Crippen molar-refractivity contribution in [1.82, 2.24) is 14.6 Å². The summed E-state index contributed by atoms with van der Waals surface area (Å²) in [4.78, 5) is 11.6. The Labute approximate surface area is 172 Å². The van der Waals surface area contributed by atoms with Crippen molar-refractivity contribution < 1.29 is 0 Å². The predicted molar refractivity (Wildman–Crippen MR) is 122 cm³/mol. The summed E-state index contributed by atoms with van der Waals surface area (Å²) in [6.45, 7) is 7.08. The second-order valence-corrected chi connectivity index (χ2v) is 7.18. The lowest BCUT2D eigenvalue weighted by Gasteiger charge is -2.16. The van der Waals surface area contributed by atoms with Crippen LogP contribution in [-0.4, -0.2) is 46.7 Å². The standard InChI is InChI=1S/C22H31N7/c1-3-5-6-10-24-15-18(4-2)19(14-23)16-25-20-17-26-29-13-9-21(27-22(20)29)28-11-7-8-12-28/h4,9,13-17,23,25H,3,5-8,10-12H2,1-2H3/b18-4+,19-16+,23-14?,24-15-. The minimum Gasteiger partial charge on any atom is -0.357 e. The molecule has 1 saturated heterocycles. The monoisotopic (exact) mass is 393 g/mol. The zero-order valence-electron chi connectivity index (χ0n) is 17.4. The lowest BCUT2D eigenvalue weighted by molar-refractivity contribution is 0.729. The summed E-state index contributed by atoms with van der Waals surface area (Å²) in [5.74, 6) is 0.989.